The van der Waals surface area contributed by atoms with Gasteiger partial charge in [-0.05, 0) is 35.7 Å². The fourth-order valence-corrected chi connectivity index (χ4v) is 4.29. The van der Waals surface area contributed by atoms with E-state index in [1.54, 1.807) is 35.2 Å². The van der Waals surface area contributed by atoms with Gasteiger partial charge in [0, 0.05) is 34.2 Å². The molecule has 6 heteroatoms. The van der Waals surface area contributed by atoms with E-state index in [0.717, 1.165) is 10.6 Å². The zero-order valence-electron chi connectivity index (χ0n) is 14.7. The fraction of sp³-hybridized carbons (Fsp3) is 0.143. The number of benzene rings is 2. The highest BCUT2D eigenvalue weighted by molar-refractivity contribution is 7.98. The summed E-state index contributed by atoms with van der Waals surface area (Å²) in [6.07, 6.45) is 0. The van der Waals surface area contributed by atoms with Gasteiger partial charge in [-0.15, -0.1) is 23.1 Å². The molecule has 0 aliphatic rings. The van der Waals surface area contributed by atoms with E-state index >= 15 is 0 Å². The summed E-state index contributed by atoms with van der Waals surface area (Å²) in [5.74, 6) is 0.574. The normalized spacial score (nSPS) is 10.4. The predicted octanol–water partition coefficient (Wildman–Crippen LogP) is 4.20. The Kier molecular flexibility index (Phi) is 7.07. The molecule has 27 heavy (non-hydrogen) atoms. The first-order valence-electron chi connectivity index (χ1n) is 8.59. The molecule has 0 bridgehead atoms. The molecule has 0 aliphatic heterocycles. The molecule has 0 unspecified atom stereocenters. The number of hydrogen-bond donors (Lipinski definition) is 2. The Hall–Kier alpha value is -2.57. The van der Waals surface area contributed by atoms with Crippen molar-refractivity contribution in [1.29, 1.82) is 0 Å². The van der Waals surface area contributed by atoms with E-state index in [-0.39, 0.29) is 11.8 Å². The zero-order chi connectivity index (χ0) is 18.9. The second-order valence-electron chi connectivity index (χ2n) is 5.74. The van der Waals surface area contributed by atoms with Crippen LogP contribution in [0.15, 0.2) is 77.0 Å². The first-order chi connectivity index (χ1) is 13.2. The molecule has 0 spiro atoms. The maximum atomic E-state index is 12.5. The van der Waals surface area contributed by atoms with Crippen LogP contribution in [-0.2, 0) is 5.75 Å². The van der Waals surface area contributed by atoms with Crippen LogP contribution in [0.2, 0.25) is 0 Å². The molecular weight excluding hydrogens is 376 g/mol. The maximum absolute atomic E-state index is 12.5. The molecule has 1 aromatic heterocycles. The van der Waals surface area contributed by atoms with E-state index in [2.05, 4.69) is 22.1 Å². The minimum Gasteiger partial charge on any atom is -0.350 e. The van der Waals surface area contributed by atoms with E-state index in [1.165, 1.54) is 4.88 Å². The van der Waals surface area contributed by atoms with Crippen LogP contribution in [0, 0.1) is 0 Å². The lowest BCUT2D eigenvalue weighted by Crippen LogP contribution is -2.34. The van der Waals surface area contributed by atoms with Crippen molar-refractivity contribution in [2.75, 3.05) is 13.1 Å². The zero-order valence-corrected chi connectivity index (χ0v) is 16.3. The number of nitrogens with one attached hydrogen (secondary N) is 2. The lowest BCUT2D eigenvalue weighted by molar-refractivity contribution is 0.0926. The summed E-state index contributed by atoms with van der Waals surface area (Å²) < 4.78 is 0. The number of thiophene rings is 1. The van der Waals surface area contributed by atoms with Gasteiger partial charge < -0.3 is 10.6 Å². The molecule has 0 fully saturated rings. The highest BCUT2D eigenvalue weighted by Crippen LogP contribution is 2.27. The molecule has 2 amide bonds. The first-order valence-corrected chi connectivity index (χ1v) is 10.5. The molecule has 3 rings (SSSR count). The van der Waals surface area contributed by atoms with Crippen molar-refractivity contribution in [3.63, 3.8) is 0 Å². The number of thioether (sulfide) groups is 1. The molecular formula is C21H20N2O2S2. The molecule has 0 aliphatic carbocycles. The Labute approximate surface area is 167 Å². The SMILES string of the molecule is O=C(NCCNC(=O)c1ccccc1SCc1cccs1)c1ccccc1. The van der Waals surface area contributed by atoms with Gasteiger partial charge in [0.05, 0.1) is 5.56 Å². The van der Waals surface area contributed by atoms with Gasteiger partial charge in [-0.2, -0.15) is 0 Å². The second kappa shape index (κ2) is 9.94. The highest BCUT2D eigenvalue weighted by Gasteiger charge is 2.11. The number of amides is 2. The number of carbonyl (C=O) groups excluding carboxylic acids is 2. The molecule has 1 heterocycles. The average molecular weight is 397 g/mol. The summed E-state index contributed by atoms with van der Waals surface area (Å²) >= 11 is 3.37. The van der Waals surface area contributed by atoms with Crippen molar-refractivity contribution >= 4 is 34.9 Å². The quantitative estimate of drug-likeness (QED) is 0.443. The van der Waals surface area contributed by atoms with Crippen molar-refractivity contribution in [3.05, 3.63) is 88.1 Å². The van der Waals surface area contributed by atoms with Gasteiger partial charge in [0.15, 0.2) is 0 Å². The van der Waals surface area contributed by atoms with Crippen molar-refractivity contribution in [3.8, 4) is 0 Å². The van der Waals surface area contributed by atoms with Crippen LogP contribution in [0.3, 0.4) is 0 Å². The Morgan fingerprint density at radius 1 is 0.815 bits per heavy atom. The number of carbonyl (C=O) groups is 2. The summed E-state index contributed by atoms with van der Waals surface area (Å²) in [5.41, 5.74) is 1.27. The van der Waals surface area contributed by atoms with Gasteiger partial charge in [-0.3, -0.25) is 9.59 Å². The molecule has 138 valence electrons. The minimum absolute atomic E-state index is 0.127. The van der Waals surface area contributed by atoms with Crippen LogP contribution in [0.5, 0.6) is 0 Å². The summed E-state index contributed by atoms with van der Waals surface area (Å²) in [6.45, 7) is 0.755. The topological polar surface area (TPSA) is 58.2 Å². The van der Waals surface area contributed by atoms with E-state index in [1.807, 2.05) is 48.5 Å². The van der Waals surface area contributed by atoms with Gasteiger partial charge in [-0.1, -0.05) is 36.4 Å². The lowest BCUT2D eigenvalue weighted by atomic mass is 10.2. The summed E-state index contributed by atoms with van der Waals surface area (Å²) in [7, 11) is 0. The highest BCUT2D eigenvalue weighted by atomic mass is 32.2. The van der Waals surface area contributed by atoms with E-state index < -0.39 is 0 Å². The van der Waals surface area contributed by atoms with Crippen LogP contribution in [0.4, 0.5) is 0 Å². The van der Waals surface area contributed by atoms with Crippen molar-refractivity contribution in [1.82, 2.24) is 10.6 Å². The van der Waals surface area contributed by atoms with Crippen molar-refractivity contribution < 1.29 is 9.59 Å². The van der Waals surface area contributed by atoms with E-state index in [4.69, 9.17) is 0 Å². The maximum Gasteiger partial charge on any atom is 0.252 e. The van der Waals surface area contributed by atoms with Crippen molar-refractivity contribution in [2.45, 2.75) is 10.6 Å². The monoisotopic (exact) mass is 396 g/mol. The Morgan fingerprint density at radius 2 is 1.52 bits per heavy atom. The largest absolute Gasteiger partial charge is 0.350 e. The minimum atomic E-state index is -0.142. The lowest BCUT2D eigenvalue weighted by Gasteiger charge is -2.10. The number of rotatable bonds is 8. The molecule has 2 N–H and O–H groups in total. The van der Waals surface area contributed by atoms with Crippen LogP contribution in [0.25, 0.3) is 0 Å². The van der Waals surface area contributed by atoms with Crippen LogP contribution in [0.1, 0.15) is 25.6 Å². The Balaban J connectivity index is 1.48. The van der Waals surface area contributed by atoms with Gasteiger partial charge in [-0.25, -0.2) is 0 Å². The average Bonchev–Trinajstić information content (AvgIpc) is 3.24. The number of hydrogen-bond acceptors (Lipinski definition) is 4. The van der Waals surface area contributed by atoms with Crippen LogP contribution in [-0.4, -0.2) is 24.9 Å². The first kappa shape index (κ1) is 19.2. The summed E-state index contributed by atoms with van der Waals surface area (Å²) in [6, 6.07) is 20.7. The summed E-state index contributed by atoms with van der Waals surface area (Å²) in [5, 5.41) is 7.74. The van der Waals surface area contributed by atoms with Gasteiger partial charge >= 0.3 is 0 Å². The fourth-order valence-electron chi connectivity index (χ4n) is 2.46. The second-order valence-corrected chi connectivity index (χ2v) is 7.79. The summed E-state index contributed by atoms with van der Waals surface area (Å²) in [4.78, 5) is 26.7. The van der Waals surface area contributed by atoms with E-state index in [9.17, 15) is 9.59 Å². The third-order valence-electron chi connectivity index (χ3n) is 3.81. The van der Waals surface area contributed by atoms with Gasteiger partial charge in [0.1, 0.15) is 0 Å². The smallest absolute Gasteiger partial charge is 0.252 e. The third-order valence-corrected chi connectivity index (χ3v) is 6.00. The molecule has 0 atom stereocenters. The standard InChI is InChI=1S/C21H20N2O2S2/c24-20(16-7-2-1-3-8-16)22-12-13-23-21(25)18-10-4-5-11-19(18)27-15-17-9-6-14-26-17/h1-11,14H,12-13,15H2,(H,22,24)(H,23,25). The molecule has 4 nitrogen and oxygen atoms in total. The molecule has 2 aromatic carbocycles. The van der Waals surface area contributed by atoms with Crippen LogP contribution < -0.4 is 10.6 Å². The molecule has 3 aromatic rings. The van der Waals surface area contributed by atoms with Crippen molar-refractivity contribution in [2.24, 2.45) is 0 Å². The van der Waals surface area contributed by atoms with Gasteiger partial charge in [0.25, 0.3) is 11.8 Å². The van der Waals surface area contributed by atoms with E-state index in [0.29, 0.717) is 24.2 Å². The third kappa shape index (κ3) is 5.70. The molecule has 0 saturated heterocycles. The Morgan fingerprint density at radius 3 is 2.26 bits per heavy atom. The predicted molar refractivity (Wildman–Crippen MR) is 111 cm³/mol. The molecule has 0 saturated carbocycles. The van der Waals surface area contributed by atoms with Crippen LogP contribution >= 0.6 is 23.1 Å². The van der Waals surface area contributed by atoms with Gasteiger partial charge in [0.2, 0.25) is 0 Å². The molecule has 0 radical (unpaired) electrons. The Bertz CT molecular complexity index is 880.